The van der Waals surface area contributed by atoms with Gasteiger partial charge in [-0.2, -0.15) is 10.2 Å². The number of halogens is 4. The van der Waals surface area contributed by atoms with Crippen LogP contribution in [0.5, 0.6) is 23.0 Å². The molecule has 0 saturated heterocycles. The number of rotatable bonds is 20. The van der Waals surface area contributed by atoms with Crippen LogP contribution in [0.2, 0.25) is 0 Å². The molecule has 0 saturated carbocycles. The van der Waals surface area contributed by atoms with Crippen LogP contribution >= 0.6 is 63.7 Å². The summed E-state index contributed by atoms with van der Waals surface area (Å²) >= 11 is 12.8. The highest BCUT2D eigenvalue weighted by Crippen LogP contribution is 2.41. The lowest BCUT2D eigenvalue weighted by atomic mass is 10.1. The van der Waals surface area contributed by atoms with Crippen molar-refractivity contribution in [2.24, 2.45) is 10.2 Å². The van der Waals surface area contributed by atoms with E-state index in [1.807, 2.05) is 82.6 Å². The molecule has 2 amide bonds. The Morgan fingerprint density at radius 2 is 0.937 bits per heavy atom. The molecule has 0 aliphatic carbocycles. The molecular formula is C46H44Br4N6O7. The predicted octanol–water partition coefficient (Wildman–Crippen LogP) is 10.1. The third kappa shape index (κ3) is 12.9. The largest absolute Gasteiger partial charge is 0.506 e. The SMILES string of the molecule is O=C(CN(CCCCOCCCCN(CC(=O)N/N=C/c1cc(Br)c(O)c(Br)c1O)c1ccc2ccccc2c1)c1ccc2ccccc2c1)N/N=C/c1cc(Br)c(O)c(Br)c1O. The molecule has 6 aromatic rings. The van der Waals surface area contributed by atoms with Crippen LogP contribution in [0.1, 0.15) is 36.8 Å². The number of hydrogen-bond acceptors (Lipinski definition) is 11. The summed E-state index contributed by atoms with van der Waals surface area (Å²) in [5.41, 5.74) is 7.48. The molecule has 63 heavy (non-hydrogen) atoms. The van der Waals surface area contributed by atoms with Crippen LogP contribution < -0.4 is 20.7 Å². The number of fused-ring (bicyclic) bond motifs is 2. The Kier molecular flexibility index (Phi) is 17.2. The molecule has 0 aromatic heterocycles. The second-order valence-electron chi connectivity index (χ2n) is 14.4. The fourth-order valence-corrected chi connectivity index (χ4v) is 8.96. The van der Waals surface area contributed by atoms with E-state index < -0.39 is 0 Å². The minimum absolute atomic E-state index is 0.0432. The molecule has 6 rings (SSSR count). The van der Waals surface area contributed by atoms with Crippen LogP contribution in [-0.2, 0) is 14.3 Å². The number of aromatic hydroxyl groups is 4. The molecule has 0 radical (unpaired) electrons. The van der Waals surface area contributed by atoms with Gasteiger partial charge in [-0.1, -0.05) is 60.7 Å². The highest BCUT2D eigenvalue weighted by molar-refractivity contribution is 9.11. The summed E-state index contributed by atoms with van der Waals surface area (Å²) in [6.07, 6.45) is 5.69. The topological polar surface area (TPSA) is 180 Å². The molecule has 17 heteroatoms. The van der Waals surface area contributed by atoms with Crippen LogP contribution in [0.3, 0.4) is 0 Å². The van der Waals surface area contributed by atoms with Crippen molar-refractivity contribution >= 4 is 121 Å². The second kappa shape index (κ2) is 22.9. The molecule has 13 nitrogen and oxygen atoms in total. The van der Waals surface area contributed by atoms with E-state index in [0.717, 1.165) is 58.6 Å². The number of carbonyl (C=O) groups is 2. The lowest BCUT2D eigenvalue weighted by Crippen LogP contribution is -2.36. The van der Waals surface area contributed by atoms with Gasteiger partial charge in [0, 0.05) is 48.8 Å². The average Bonchev–Trinajstić information content (AvgIpc) is 3.29. The van der Waals surface area contributed by atoms with Crippen molar-refractivity contribution in [2.45, 2.75) is 25.7 Å². The second-order valence-corrected chi connectivity index (χ2v) is 17.7. The summed E-state index contributed by atoms with van der Waals surface area (Å²) < 4.78 is 6.96. The summed E-state index contributed by atoms with van der Waals surface area (Å²) in [4.78, 5) is 30.2. The number of nitrogens with one attached hydrogen (secondary N) is 2. The van der Waals surface area contributed by atoms with Gasteiger partial charge in [-0.25, -0.2) is 10.9 Å². The first-order chi connectivity index (χ1) is 30.4. The van der Waals surface area contributed by atoms with E-state index in [-0.39, 0.29) is 56.8 Å². The molecule has 6 N–H and O–H groups in total. The number of amides is 2. The standard InChI is InChI=1S/C46H44Br4N6O7/c47-37-23-33(43(59)41(49)45(37)61)25-51-53-39(57)27-55(35-15-13-29-9-1-3-11-31(29)21-35)17-5-7-19-63-20-8-6-18-56(36-16-14-30-10-2-4-12-32(30)22-36)28-40(58)54-52-26-34-24-38(48)46(62)42(50)44(34)60/h1-4,9-16,21-26,59-62H,5-8,17-20,27-28H2,(H,53,57)(H,54,58)/b51-25+,52-26+. The van der Waals surface area contributed by atoms with Crippen LogP contribution in [0.4, 0.5) is 11.4 Å². The van der Waals surface area contributed by atoms with Gasteiger partial charge < -0.3 is 35.0 Å². The molecule has 328 valence electrons. The van der Waals surface area contributed by atoms with Crippen LogP contribution in [-0.4, -0.2) is 84.1 Å². The maximum absolute atomic E-state index is 13.1. The van der Waals surface area contributed by atoms with E-state index >= 15 is 0 Å². The maximum Gasteiger partial charge on any atom is 0.259 e. The zero-order chi connectivity index (χ0) is 44.9. The fraction of sp³-hybridized carbons (Fsp3) is 0.217. The average molecular weight is 1110 g/mol. The van der Waals surface area contributed by atoms with Gasteiger partial charge in [0.25, 0.3) is 11.8 Å². The zero-order valence-corrected chi connectivity index (χ0v) is 40.1. The van der Waals surface area contributed by atoms with Gasteiger partial charge in [0.1, 0.15) is 31.9 Å². The molecule has 0 aliphatic heterocycles. The number of hydrazone groups is 2. The number of phenols is 4. The first-order valence-corrected chi connectivity index (χ1v) is 23.1. The highest BCUT2D eigenvalue weighted by Gasteiger charge is 2.17. The quantitative estimate of drug-likeness (QED) is 0.0247. The van der Waals surface area contributed by atoms with Gasteiger partial charge in [0.2, 0.25) is 0 Å². The first-order valence-electron chi connectivity index (χ1n) is 19.9. The number of carbonyl (C=O) groups excluding carboxylic acids is 2. The Hall–Kier alpha value is -5.20. The molecule has 0 atom stereocenters. The number of nitrogens with zero attached hydrogens (tertiary/aromatic N) is 4. The molecule has 0 unspecified atom stereocenters. The summed E-state index contributed by atoms with van der Waals surface area (Å²) in [6, 6.07) is 31.3. The molecule has 0 bridgehead atoms. The van der Waals surface area contributed by atoms with E-state index in [4.69, 9.17) is 4.74 Å². The number of phenolic OH excluding ortho intramolecular Hbond substituents is 4. The third-order valence-corrected chi connectivity index (χ3v) is 12.7. The fourth-order valence-electron chi connectivity index (χ4n) is 6.66. The van der Waals surface area contributed by atoms with Gasteiger partial charge in [0.05, 0.1) is 34.5 Å². The van der Waals surface area contributed by atoms with E-state index in [1.165, 1.54) is 24.6 Å². The smallest absolute Gasteiger partial charge is 0.259 e. The van der Waals surface area contributed by atoms with Gasteiger partial charge in [-0.15, -0.1) is 0 Å². The summed E-state index contributed by atoms with van der Waals surface area (Å²) in [6.45, 7) is 2.36. The van der Waals surface area contributed by atoms with E-state index in [0.29, 0.717) is 46.4 Å². The lowest BCUT2D eigenvalue weighted by molar-refractivity contribution is -0.120. The van der Waals surface area contributed by atoms with Crippen molar-refractivity contribution in [3.05, 3.63) is 126 Å². The molecule has 0 spiro atoms. The first kappa shape index (κ1) is 47.3. The van der Waals surface area contributed by atoms with E-state index in [9.17, 15) is 30.0 Å². The number of unbranched alkanes of at least 4 members (excludes halogenated alkanes) is 2. The number of benzene rings is 6. The Morgan fingerprint density at radius 3 is 1.35 bits per heavy atom. The number of hydrogen-bond donors (Lipinski definition) is 6. The van der Waals surface area contributed by atoms with Gasteiger partial charge in [-0.3, -0.25) is 9.59 Å². The lowest BCUT2D eigenvalue weighted by Gasteiger charge is -2.24. The Bertz CT molecular complexity index is 2470. The van der Waals surface area contributed by atoms with Crippen LogP contribution in [0.25, 0.3) is 21.5 Å². The monoisotopic (exact) mass is 1110 g/mol. The number of anilines is 2. The summed E-state index contributed by atoms with van der Waals surface area (Å²) in [5.74, 6) is -1.40. The van der Waals surface area contributed by atoms with E-state index in [1.54, 1.807) is 0 Å². The van der Waals surface area contributed by atoms with Crippen molar-refractivity contribution in [2.75, 3.05) is 49.2 Å². The van der Waals surface area contributed by atoms with Crippen molar-refractivity contribution < 1.29 is 34.8 Å². The molecular weight excluding hydrogens is 1070 g/mol. The molecule has 6 aromatic carbocycles. The Labute approximate surface area is 398 Å². The van der Waals surface area contributed by atoms with Gasteiger partial charge in [-0.05, 0) is 147 Å². The summed E-state index contributed by atoms with van der Waals surface area (Å²) in [7, 11) is 0. The van der Waals surface area contributed by atoms with Crippen molar-refractivity contribution in [3.8, 4) is 23.0 Å². The van der Waals surface area contributed by atoms with Crippen LogP contribution in [0.15, 0.2) is 125 Å². The zero-order valence-electron chi connectivity index (χ0n) is 33.8. The highest BCUT2D eigenvalue weighted by atomic mass is 79.9. The Balaban J connectivity index is 0.991. The van der Waals surface area contributed by atoms with Crippen molar-refractivity contribution in [1.82, 2.24) is 10.9 Å². The molecule has 0 aliphatic rings. The van der Waals surface area contributed by atoms with Crippen molar-refractivity contribution in [3.63, 3.8) is 0 Å². The molecule has 0 fully saturated rings. The van der Waals surface area contributed by atoms with Gasteiger partial charge in [0.15, 0.2) is 0 Å². The van der Waals surface area contributed by atoms with Crippen LogP contribution in [0, 0.1) is 0 Å². The maximum atomic E-state index is 13.1. The molecule has 0 heterocycles. The van der Waals surface area contributed by atoms with Gasteiger partial charge >= 0.3 is 0 Å². The number of ether oxygens (including phenoxy) is 1. The third-order valence-electron chi connectivity index (χ3n) is 9.98. The van der Waals surface area contributed by atoms with Crippen molar-refractivity contribution in [1.29, 1.82) is 0 Å². The minimum atomic E-state index is -0.342. The summed E-state index contributed by atoms with van der Waals surface area (Å²) in [5, 5.41) is 53.1. The minimum Gasteiger partial charge on any atom is -0.506 e. The Morgan fingerprint density at radius 1 is 0.540 bits per heavy atom. The van der Waals surface area contributed by atoms with E-state index in [2.05, 4.69) is 96.9 Å². The predicted molar refractivity (Wildman–Crippen MR) is 263 cm³/mol. The normalized spacial score (nSPS) is 11.5.